The fourth-order valence-electron chi connectivity index (χ4n) is 8.69. The number of nitrogens with zero attached hydrogens (tertiary/aromatic N) is 9. The first-order valence-electron chi connectivity index (χ1n) is 29.4. The van der Waals surface area contributed by atoms with Gasteiger partial charge in [-0.25, -0.2) is 52.2 Å². The van der Waals surface area contributed by atoms with E-state index in [0.717, 1.165) is 0 Å². The fourth-order valence-corrected chi connectivity index (χ4v) is 8.69. The molecule has 9 heterocycles. The SMILES string of the molecule is CCO.CCO[C@@]([O-])(c1ccccn1)c1cccc([C@@](O)(OCC)c2ccccn2)n1.CCO[C@@]([O-])(c1ccccn1)c1cccc([C@@](O)(OCC)c2ccccn2)n1.CCO[C@@]([O-])(c1ccccn1)c1cccc([C@@](O)(OCC)c2ccccn2)n1.[Gd+3].[Ni+2].[O-][Cl+3]([O-])([O-])[O-].[O-][Cl+3]([O-])([O-])[O-]. The van der Waals surface area contributed by atoms with Gasteiger partial charge >= 0.3 is 56.4 Å². The molecular weight excluding hydrogens is 1530 g/mol. The maximum atomic E-state index is 13.6. The molecule has 1 radical (unpaired) electrons. The maximum absolute atomic E-state index is 13.6. The zero-order valence-electron chi connectivity index (χ0n) is 54.2. The topological polar surface area (TPSA) is 506 Å². The summed E-state index contributed by atoms with van der Waals surface area (Å²) in [5.41, 5.74) is 1.98. The minimum atomic E-state index is -4.94. The van der Waals surface area contributed by atoms with Crippen LogP contribution in [0.5, 0.6) is 0 Å². The largest absolute Gasteiger partial charge is 3.00 e. The molecule has 0 saturated carbocycles. The number of aromatic nitrogens is 9. The Morgan fingerprint density at radius 2 is 0.455 bits per heavy atom. The van der Waals surface area contributed by atoms with Crippen molar-refractivity contribution in [1.29, 1.82) is 0 Å². The number of rotatable bonds is 24. The summed E-state index contributed by atoms with van der Waals surface area (Å²) in [5, 5.41) is 82.1. The molecule has 0 bridgehead atoms. The van der Waals surface area contributed by atoms with Gasteiger partial charge in [0.1, 0.15) is 34.2 Å². The smallest absolute Gasteiger partial charge is 0.819 e. The van der Waals surface area contributed by atoms with E-state index in [1.807, 2.05) is 0 Å². The van der Waals surface area contributed by atoms with Gasteiger partial charge in [0.25, 0.3) is 17.4 Å². The van der Waals surface area contributed by atoms with Crippen LogP contribution in [0, 0.1) is 60.4 Å². The Bertz CT molecular complexity index is 3080. The van der Waals surface area contributed by atoms with E-state index in [1.165, 1.54) is 18.6 Å². The average Bonchev–Trinajstić information content (AvgIpc) is 0.782. The molecule has 99 heavy (non-hydrogen) atoms. The van der Waals surface area contributed by atoms with Crippen LogP contribution >= 0.6 is 0 Å². The molecule has 9 aromatic heterocycles. The molecule has 0 aliphatic heterocycles. The number of halogens is 2. The minimum Gasteiger partial charge on any atom is -0.819 e. The molecule has 0 aliphatic rings. The summed E-state index contributed by atoms with van der Waals surface area (Å²) in [6, 6.07) is 44.6. The third-order valence-corrected chi connectivity index (χ3v) is 12.4. The number of aliphatic hydroxyl groups is 4. The van der Waals surface area contributed by atoms with E-state index in [1.54, 1.807) is 231 Å². The molecule has 30 nitrogen and oxygen atoms in total. The molecule has 0 spiro atoms. The summed E-state index contributed by atoms with van der Waals surface area (Å²) in [4.78, 5) is 38.3. The Morgan fingerprint density at radius 3 is 0.616 bits per heavy atom. The van der Waals surface area contributed by atoms with Crippen LogP contribution in [0.3, 0.4) is 0 Å². The van der Waals surface area contributed by atoms with Crippen molar-refractivity contribution in [2.45, 2.75) is 83.2 Å². The Kier molecular flexibility index (Phi) is 38.7. The second-order valence-corrected chi connectivity index (χ2v) is 20.5. The molecule has 4 N–H and O–H groups in total. The fraction of sp³-hybridized carbons (Fsp3) is 0.308. The molecule has 9 rings (SSSR count). The van der Waals surface area contributed by atoms with Gasteiger partial charge in [-0.3, -0.25) is 29.9 Å². The maximum Gasteiger partial charge on any atom is 3.00 e. The molecule has 0 aliphatic carbocycles. The van der Waals surface area contributed by atoms with Gasteiger partial charge in [0, 0.05) is 83.4 Å². The third kappa shape index (κ3) is 26.4. The third-order valence-electron chi connectivity index (χ3n) is 12.4. The van der Waals surface area contributed by atoms with Crippen LogP contribution in [0.15, 0.2) is 201 Å². The van der Waals surface area contributed by atoms with Crippen molar-refractivity contribution in [1.82, 2.24) is 44.9 Å². The average molecular weight is 1600 g/mol. The van der Waals surface area contributed by atoms with E-state index < -0.39 is 55.2 Å². The number of aliphatic hydroxyl groups excluding tert-OH is 1. The monoisotopic (exact) mass is 1600 g/mol. The van der Waals surface area contributed by atoms with Gasteiger partial charge < -0.3 is 64.2 Å². The van der Waals surface area contributed by atoms with Crippen LogP contribution in [-0.4, -0.2) is 112 Å². The summed E-state index contributed by atoms with van der Waals surface area (Å²) < 4.78 is 101. The van der Waals surface area contributed by atoms with Gasteiger partial charge in [0.05, 0.1) is 51.5 Å². The van der Waals surface area contributed by atoms with Gasteiger partial charge in [-0.1, -0.05) is 54.6 Å². The van der Waals surface area contributed by atoms with E-state index in [0.29, 0.717) is 0 Å². The Labute approximate surface area is 617 Å². The van der Waals surface area contributed by atoms with E-state index in [4.69, 9.17) is 70.8 Å². The van der Waals surface area contributed by atoms with Crippen LogP contribution in [-0.2, 0) is 79.6 Å². The van der Waals surface area contributed by atoms with Gasteiger partial charge in [0.2, 0.25) is 0 Å². The summed E-state index contributed by atoms with van der Waals surface area (Å²) in [7, 11) is -9.89. The summed E-state index contributed by atoms with van der Waals surface area (Å²) in [6.45, 7) is 13.5. The first-order valence-corrected chi connectivity index (χ1v) is 31.9. The van der Waals surface area contributed by atoms with E-state index in [2.05, 4.69) is 44.9 Å². The van der Waals surface area contributed by atoms with Crippen molar-refractivity contribution in [3.63, 3.8) is 0 Å². The molecule has 0 saturated heterocycles. The summed E-state index contributed by atoms with van der Waals surface area (Å²) in [6.07, 6.45) is 9.22. The number of hydrogen-bond acceptors (Lipinski definition) is 30. The summed E-state index contributed by atoms with van der Waals surface area (Å²) >= 11 is 0. The van der Waals surface area contributed by atoms with Crippen molar-refractivity contribution in [2.75, 3.05) is 46.2 Å². The molecule has 6 atom stereocenters. The first kappa shape index (κ1) is 89.0. The molecule has 34 heteroatoms. The molecule has 0 aromatic carbocycles. The van der Waals surface area contributed by atoms with Crippen LogP contribution in [0.2, 0.25) is 0 Å². The molecule has 9 aromatic rings. The van der Waals surface area contributed by atoms with Crippen molar-refractivity contribution in [2.24, 2.45) is 0 Å². The van der Waals surface area contributed by atoms with Crippen LogP contribution in [0.1, 0.15) is 117 Å². The van der Waals surface area contributed by atoms with Crippen molar-refractivity contribution in [3.8, 4) is 0 Å². The second kappa shape index (κ2) is 43.0. The molecule has 0 amide bonds. The van der Waals surface area contributed by atoms with Crippen LogP contribution in [0.25, 0.3) is 0 Å². The predicted molar refractivity (Wildman–Crippen MR) is 312 cm³/mol. The Morgan fingerprint density at radius 1 is 0.293 bits per heavy atom. The van der Waals surface area contributed by atoms with Crippen molar-refractivity contribution >= 4 is 0 Å². The predicted octanol–water partition coefficient (Wildman–Crippen LogP) is -4.42. The normalized spacial score (nSPS) is 14.6. The summed E-state index contributed by atoms with van der Waals surface area (Å²) in [5.74, 6) is -12.1. The second-order valence-electron chi connectivity index (χ2n) is 19.0. The Hall–Kier alpha value is -6.09. The van der Waals surface area contributed by atoms with Gasteiger partial charge in [-0.15, -0.1) is 20.5 Å². The molecule has 0 fully saturated rings. The minimum absolute atomic E-state index is 0. The molecule has 0 unspecified atom stereocenters. The Balaban J connectivity index is 0.000000458. The van der Waals surface area contributed by atoms with Crippen molar-refractivity contribution < 1.29 is 178 Å². The van der Waals surface area contributed by atoms with Gasteiger partial charge in [-0.05, 0) is 158 Å². The van der Waals surface area contributed by atoms with E-state index in [-0.39, 0.29) is 171 Å². The van der Waals surface area contributed by atoms with Gasteiger partial charge in [0.15, 0.2) is 0 Å². The number of ether oxygens (including phenoxy) is 6. The van der Waals surface area contributed by atoms with Crippen LogP contribution < -0.4 is 52.6 Å². The number of pyridine rings is 9. The first-order chi connectivity index (χ1) is 46.0. The quantitative estimate of drug-likeness (QED) is 0.0328. The standard InChI is InChI=1S/3C21H22N3O4.C2H6O.2ClHO4.Gd.Ni/c3*1-3-27-20(25,16-10-5-7-14-22-16)18-12-9-13-19(24-18)21(26,28-4-2)17-11-6-8-15-23-17;1-2-3;2*2-1(3,4)5;;/h3*5-15,25H,3-4H2,1-2H3;3H,2H2,1H3;2*(H,2,3,4,5);;/q3*-1;;;;+3;+2/p-2/t3*20-,21-;;;;;/m000...../s1. The molecular formula is C65H72Cl2GdN9NiO21. The van der Waals surface area contributed by atoms with Gasteiger partial charge in [-0.2, -0.15) is 0 Å². The van der Waals surface area contributed by atoms with Crippen LogP contribution in [0.4, 0.5) is 0 Å². The zero-order valence-corrected chi connectivity index (χ0v) is 58.9. The van der Waals surface area contributed by atoms with Crippen molar-refractivity contribution in [3.05, 3.63) is 269 Å². The zero-order chi connectivity index (χ0) is 71.8. The van der Waals surface area contributed by atoms with E-state index >= 15 is 0 Å². The van der Waals surface area contributed by atoms with E-state index in [9.17, 15) is 30.6 Å². The molecule has 535 valence electrons. The number of hydrogen-bond donors (Lipinski definition) is 4.